The van der Waals surface area contributed by atoms with Crippen LogP contribution in [0.1, 0.15) is 72.6 Å². The van der Waals surface area contributed by atoms with E-state index < -0.39 is 23.7 Å². The van der Waals surface area contributed by atoms with Gasteiger partial charge >= 0.3 is 12.1 Å². The maximum absolute atomic E-state index is 13.0. The number of hydrogen-bond donors (Lipinski definition) is 2. The van der Waals surface area contributed by atoms with Crippen molar-refractivity contribution in [3.8, 4) is 11.1 Å². The Kier molecular flexibility index (Phi) is 7.68. The number of aromatic nitrogens is 1. The second-order valence-electron chi connectivity index (χ2n) is 10.1. The molecule has 0 fully saturated rings. The lowest BCUT2D eigenvalue weighted by atomic mass is 9.98. The quantitative estimate of drug-likeness (QED) is 0.248. The smallest absolute Gasteiger partial charge is 0.407 e. The van der Waals surface area contributed by atoms with E-state index >= 15 is 0 Å². The first-order valence-electron chi connectivity index (χ1n) is 12.3. The van der Waals surface area contributed by atoms with E-state index in [0.29, 0.717) is 12.1 Å². The van der Waals surface area contributed by atoms with Gasteiger partial charge < -0.3 is 20.5 Å². The van der Waals surface area contributed by atoms with Crippen LogP contribution in [0.15, 0.2) is 61.2 Å². The van der Waals surface area contributed by atoms with Crippen LogP contribution < -0.4 is 11.1 Å². The number of thiazole rings is 1. The van der Waals surface area contributed by atoms with Crippen LogP contribution in [0.4, 0.5) is 9.93 Å². The fourth-order valence-electron chi connectivity index (χ4n) is 4.55. The number of amides is 1. The van der Waals surface area contributed by atoms with Crippen LogP contribution in [-0.2, 0) is 9.47 Å². The number of carbonyl (C=O) groups excluding carboxylic acids is 2. The van der Waals surface area contributed by atoms with Crippen LogP contribution in [-0.4, -0.2) is 29.3 Å². The first kappa shape index (κ1) is 26.4. The summed E-state index contributed by atoms with van der Waals surface area (Å²) in [5.74, 6) is -0.407. The topological polar surface area (TPSA) is 104 Å². The van der Waals surface area contributed by atoms with Gasteiger partial charge in [-0.3, -0.25) is 0 Å². The van der Waals surface area contributed by atoms with Gasteiger partial charge in [-0.05, 0) is 54.5 Å². The number of anilines is 1. The molecule has 2 aromatic carbocycles. The summed E-state index contributed by atoms with van der Waals surface area (Å²) in [7, 11) is 0. The van der Waals surface area contributed by atoms with Gasteiger partial charge in [-0.15, -0.1) is 0 Å². The lowest BCUT2D eigenvalue weighted by Crippen LogP contribution is -2.33. The average molecular weight is 520 g/mol. The van der Waals surface area contributed by atoms with Gasteiger partial charge in [0.05, 0.1) is 11.7 Å². The SMILES string of the molecule is C=CC(C)(C)OC(=O)c1sc(N)nc1[C@H](CC(C)C)NC(=O)OCC1c2ccccc2-c2ccccc21. The Labute approximate surface area is 221 Å². The number of ether oxygens (including phenoxy) is 2. The number of fused-ring (bicyclic) bond motifs is 3. The molecule has 0 bridgehead atoms. The molecule has 1 atom stereocenters. The van der Waals surface area contributed by atoms with Crippen molar-refractivity contribution in [2.24, 2.45) is 5.92 Å². The Bertz CT molecular complexity index is 1270. The fourth-order valence-corrected chi connectivity index (χ4v) is 5.32. The third-order valence-corrected chi connectivity index (χ3v) is 7.26. The minimum Gasteiger partial charge on any atom is -0.451 e. The predicted molar refractivity (Wildman–Crippen MR) is 147 cm³/mol. The Morgan fingerprint density at radius 2 is 1.73 bits per heavy atom. The van der Waals surface area contributed by atoms with Crippen molar-refractivity contribution in [1.29, 1.82) is 0 Å². The lowest BCUT2D eigenvalue weighted by Gasteiger charge is -2.23. The molecule has 0 unspecified atom stereocenters. The van der Waals surface area contributed by atoms with Crippen molar-refractivity contribution in [3.05, 3.63) is 82.9 Å². The largest absolute Gasteiger partial charge is 0.451 e. The van der Waals surface area contributed by atoms with E-state index in [9.17, 15) is 9.59 Å². The summed E-state index contributed by atoms with van der Waals surface area (Å²) in [5.41, 5.74) is 10.1. The molecule has 1 amide bonds. The van der Waals surface area contributed by atoms with Gasteiger partial charge in [-0.1, -0.05) is 80.3 Å². The van der Waals surface area contributed by atoms with Crippen LogP contribution in [0.25, 0.3) is 11.1 Å². The Balaban J connectivity index is 1.52. The molecule has 0 saturated heterocycles. The number of esters is 1. The maximum Gasteiger partial charge on any atom is 0.407 e. The van der Waals surface area contributed by atoms with Crippen LogP contribution in [0, 0.1) is 5.92 Å². The van der Waals surface area contributed by atoms with Gasteiger partial charge in [0.1, 0.15) is 17.1 Å². The molecule has 1 heterocycles. The van der Waals surface area contributed by atoms with Gasteiger partial charge in [0, 0.05) is 5.92 Å². The number of nitrogens with two attached hydrogens (primary N) is 1. The second kappa shape index (κ2) is 10.8. The summed E-state index contributed by atoms with van der Waals surface area (Å²) >= 11 is 1.04. The summed E-state index contributed by atoms with van der Waals surface area (Å²) in [5, 5.41) is 3.15. The lowest BCUT2D eigenvalue weighted by molar-refractivity contribution is 0.0177. The number of nitrogen functional groups attached to an aromatic ring is 1. The average Bonchev–Trinajstić information content (AvgIpc) is 3.40. The summed E-state index contributed by atoms with van der Waals surface area (Å²) < 4.78 is 11.3. The highest BCUT2D eigenvalue weighted by Gasteiger charge is 2.32. The molecule has 0 aliphatic heterocycles. The zero-order chi connectivity index (χ0) is 26.7. The number of carbonyl (C=O) groups is 2. The third-order valence-electron chi connectivity index (χ3n) is 6.38. The van der Waals surface area contributed by atoms with Crippen LogP contribution >= 0.6 is 11.3 Å². The van der Waals surface area contributed by atoms with Crippen molar-refractivity contribution < 1.29 is 19.1 Å². The van der Waals surface area contributed by atoms with Crippen molar-refractivity contribution in [2.45, 2.75) is 51.7 Å². The number of benzene rings is 2. The molecular weight excluding hydrogens is 486 g/mol. The minimum absolute atomic E-state index is 0.0525. The second-order valence-corrected chi connectivity index (χ2v) is 11.1. The Hall–Kier alpha value is -3.65. The first-order chi connectivity index (χ1) is 17.6. The van der Waals surface area contributed by atoms with Gasteiger partial charge in [0.15, 0.2) is 5.13 Å². The fraction of sp³-hybridized carbons (Fsp3) is 0.345. The number of nitrogens with one attached hydrogen (secondary N) is 1. The molecule has 8 heteroatoms. The highest BCUT2D eigenvalue weighted by atomic mass is 32.1. The number of nitrogens with zero attached hydrogens (tertiary/aromatic N) is 1. The molecule has 7 nitrogen and oxygen atoms in total. The molecule has 4 rings (SSSR count). The summed E-state index contributed by atoms with van der Waals surface area (Å²) in [6, 6.07) is 15.8. The van der Waals surface area contributed by atoms with E-state index in [1.165, 1.54) is 0 Å². The number of hydrogen-bond acceptors (Lipinski definition) is 7. The van der Waals surface area contributed by atoms with Crippen molar-refractivity contribution >= 4 is 28.5 Å². The van der Waals surface area contributed by atoms with Gasteiger partial charge in [0.25, 0.3) is 0 Å². The number of rotatable bonds is 9. The van der Waals surface area contributed by atoms with E-state index in [4.69, 9.17) is 15.2 Å². The third kappa shape index (κ3) is 5.85. The molecule has 194 valence electrons. The molecule has 0 radical (unpaired) electrons. The molecule has 37 heavy (non-hydrogen) atoms. The highest BCUT2D eigenvalue weighted by Crippen LogP contribution is 2.44. The monoisotopic (exact) mass is 519 g/mol. The molecule has 1 aliphatic rings. The van der Waals surface area contributed by atoms with Crippen LogP contribution in [0.3, 0.4) is 0 Å². The zero-order valence-electron chi connectivity index (χ0n) is 21.6. The summed E-state index contributed by atoms with van der Waals surface area (Å²) in [4.78, 5) is 30.6. The highest BCUT2D eigenvalue weighted by molar-refractivity contribution is 7.17. The zero-order valence-corrected chi connectivity index (χ0v) is 22.4. The molecule has 0 saturated carbocycles. The molecule has 3 aromatic rings. The molecule has 1 aromatic heterocycles. The van der Waals surface area contributed by atoms with E-state index in [1.807, 2.05) is 38.1 Å². The van der Waals surface area contributed by atoms with Crippen molar-refractivity contribution in [1.82, 2.24) is 10.3 Å². The van der Waals surface area contributed by atoms with Gasteiger partial charge in [0.2, 0.25) is 0 Å². The van der Waals surface area contributed by atoms with Crippen molar-refractivity contribution in [3.63, 3.8) is 0 Å². The summed E-state index contributed by atoms with van der Waals surface area (Å²) in [6.07, 6.45) is 1.51. The van der Waals surface area contributed by atoms with E-state index in [-0.39, 0.29) is 28.5 Å². The molecule has 1 aliphatic carbocycles. The Morgan fingerprint density at radius 1 is 1.14 bits per heavy atom. The summed E-state index contributed by atoms with van der Waals surface area (Å²) in [6.45, 7) is 11.4. The van der Waals surface area contributed by atoms with E-state index in [1.54, 1.807) is 19.9 Å². The minimum atomic E-state index is -0.860. The number of alkyl carbamates (subject to hydrolysis) is 1. The normalized spacial score (nSPS) is 13.5. The Morgan fingerprint density at radius 3 is 2.30 bits per heavy atom. The van der Waals surface area contributed by atoms with Gasteiger partial charge in [-0.25, -0.2) is 14.6 Å². The van der Waals surface area contributed by atoms with Gasteiger partial charge in [-0.2, -0.15) is 0 Å². The van der Waals surface area contributed by atoms with E-state index in [0.717, 1.165) is 33.6 Å². The van der Waals surface area contributed by atoms with Crippen molar-refractivity contribution in [2.75, 3.05) is 12.3 Å². The van der Waals surface area contributed by atoms with E-state index in [2.05, 4.69) is 41.1 Å². The van der Waals surface area contributed by atoms with Crippen LogP contribution in [0.5, 0.6) is 0 Å². The molecule has 0 spiro atoms. The van der Waals surface area contributed by atoms with Crippen LogP contribution in [0.2, 0.25) is 0 Å². The standard InChI is InChI=1S/C29H33N3O4S/c1-6-29(4,5)36-26(33)25-24(32-27(30)37-25)23(15-17(2)3)31-28(34)35-16-22-20-13-9-7-11-18(20)19-12-8-10-14-21(19)22/h6-14,17,22-23H,1,15-16H2,2-5H3,(H2,30,32)(H,31,34)/t23-/m0/s1. The maximum atomic E-state index is 13.0. The molecule has 3 N–H and O–H groups in total. The molecular formula is C29H33N3O4S. The first-order valence-corrected chi connectivity index (χ1v) is 13.2. The predicted octanol–water partition coefficient (Wildman–Crippen LogP) is 6.47.